The highest BCUT2D eigenvalue weighted by atomic mass is 32.2. The number of carbonyl (C=O) groups is 1. The van der Waals surface area contributed by atoms with Crippen LogP contribution in [0.15, 0.2) is 0 Å². The molecule has 0 saturated carbocycles. The van der Waals surface area contributed by atoms with E-state index in [-0.39, 0.29) is 12.4 Å². The van der Waals surface area contributed by atoms with Crippen LogP contribution in [0.3, 0.4) is 0 Å². The third kappa shape index (κ3) is 3.56. The monoisotopic (exact) mass is 189 g/mol. The standard InChI is InChI=1S/C8H15NO2S/c1-11-5-8(10)4-7-6-12-3-2-9-7/h7,9H,2-6H2,1H3. The van der Waals surface area contributed by atoms with E-state index in [1.807, 2.05) is 11.8 Å². The molecule has 1 N–H and O–H groups in total. The second-order valence-electron chi connectivity index (χ2n) is 2.90. The topological polar surface area (TPSA) is 38.3 Å². The minimum absolute atomic E-state index is 0.192. The first-order chi connectivity index (χ1) is 5.83. The predicted octanol–water partition coefficient (Wildman–Crippen LogP) is 0.297. The van der Waals surface area contributed by atoms with Gasteiger partial charge in [-0.25, -0.2) is 0 Å². The Morgan fingerprint density at radius 3 is 3.17 bits per heavy atom. The Morgan fingerprint density at radius 2 is 2.58 bits per heavy atom. The number of methoxy groups -OCH3 is 1. The van der Waals surface area contributed by atoms with Crippen LogP contribution in [0.4, 0.5) is 0 Å². The fourth-order valence-corrected chi connectivity index (χ4v) is 2.19. The molecule has 0 bridgehead atoms. The zero-order chi connectivity index (χ0) is 8.81. The lowest BCUT2D eigenvalue weighted by molar-refractivity contribution is -0.123. The van der Waals surface area contributed by atoms with Crippen molar-refractivity contribution in [3.05, 3.63) is 0 Å². The van der Waals surface area contributed by atoms with Crippen molar-refractivity contribution in [2.24, 2.45) is 0 Å². The first-order valence-corrected chi connectivity index (χ1v) is 5.30. The van der Waals surface area contributed by atoms with Crippen LogP contribution in [0.1, 0.15) is 6.42 Å². The summed E-state index contributed by atoms with van der Waals surface area (Å²) in [5.41, 5.74) is 0. The van der Waals surface area contributed by atoms with Gasteiger partial charge >= 0.3 is 0 Å². The summed E-state index contributed by atoms with van der Waals surface area (Å²) >= 11 is 1.91. The van der Waals surface area contributed by atoms with Gasteiger partial charge in [-0.2, -0.15) is 11.8 Å². The van der Waals surface area contributed by atoms with Crippen LogP contribution in [0.5, 0.6) is 0 Å². The summed E-state index contributed by atoms with van der Waals surface area (Å²) in [5, 5.41) is 3.31. The maximum Gasteiger partial charge on any atom is 0.160 e. The predicted molar refractivity (Wildman–Crippen MR) is 50.6 cm³/mol. The highest BCUT2D eigenvalue weighted by Crippen LogP contribution is 2.10. The molecule has 0 spiro atoms. The first kappa shape index (κ1) is 10.0. The summed E-state index contributed by atoms with van der Waals surface area (Å²) in [6.07, 6.45) is 0.612. The molecule has 1 aliphatic rings. The smallest absolute Gasteiger partial charge is 0.160 e. The Hall–Kier alpha value is -0.0600. The van der Waals surface area contributed by atoms with Gasteiger partial charge in [-0.05, 0) is 0 Å². The largest absolute Gasteiger partial charge is 0.377 e. The summed E-state index contributed by atoms with van der Waals surface area (Å²) in [6.45, 7) is 1.28. The van der Waals surface area contributed by atoms with E-state index in [1.54, 1.807) is 7.11 Å². The Bertz CT molecular complexity index is 146. The number of thioether (sulfide) groups is 1. The van der Waals surface area contributed by atoms with Gasteiger partial charge in [0.25, 0.3) is 0 Å². The average molecular weight is 189 g/mol. The molecule has 1 saturated heterocycles. The Kier molecular flexibility index (Phi) is 4.65. The maximum absolute atomic E-state index is 11.1. The molecule has 0 amide bonds. The molecule has 0 aromatic carbocycles. The highest BCUT2D eigenvalue weighted by molar-refractivity contribution is 7.99. The van der Waals surface area contributed by atoms with Crippen molar-refractivity contribution in [1.29, 1.82) is 0 Å². The zero-order valence-corrected chi connectivity index (χ0v) is 8.15. The molecule has 0 aromatic rings. The van der Waals surface area contributed by atoms with Crippen molar-refractivity contribution in [2.75, 3.05) is 31.8 Å². The normalized spacial score (nSPS) is 23.9. The SMILES string of the molecule is COCC(=O)CC1CSCCN1. The van der Waals surface area contributed by atoms with E-state index in [1.165, 1.54) is 0 Å². The zero-order valence-electron chi connectivity index (χ0n) is 7.34. The highest BCUT2D eigenvalue weighted by Gasteiger charge is 2.15. The first-order valence-electron chi connectivity index (χ1n) is 4.14. The van der Waals surface area contributed by atoms with E-state index in [0.717, 1.165) is 18.1 Å². The van der Waals surface area contributed by atoms with Crippen molar-refractivity contribution in [2.45, 2.75) is 12.5 Å². The Balaban J connectivity index is 2.15. The lowest BCUT2D eigenvalue weighted by Gasteiger charge is -2.22. The molecule has 3 nitrogen and oxygen atoms in total. The maximum atomic E-state index is 11.1. The minimum atomic E-state index is 0.192. The molecule has 70 valence electrons. The number of hydrogen-bond donors (Lipinski definition) is 1. The Morgan fingerprint density at radius 1 is 1.75 bits per heavy atom. The molecule has 0 aromatic heterocycles. The fraction of sp³-hybridized carbons (Fsp3) is 0.875. The molecule has 1 unspecified atom stereocenters. The summed E-state index contributed by atoms with van der Waals surface area (Å²) in [6, 6.07) is 0.367. The molecule has 4 heteroatoms. The van der Waals surface area contributed by atoms with Crippen molar-refractivity contribution in [3.63, 3.8) is 0 Å². The molecule has 12 heavy (non-hydrogen) atoms. The molecular formula is C8H15NO2S. The van der Waals surface area contributed by atoms with E-state index in [9.17, 15) is 4.79 Å². The number of rotatable bonds is 4. The van der Waals surface area contributed by atoms with Crippen LogP contribution in [-0.4, -0.2) is 43.6 Å². The molecule has 0 aliphatic carbocycles. The lowest BCUT2D eigenvalue weighted by Crippen LogP contribution is -2.39. The van der Waals surface area contributed by atoms with Crippen LogP contribution < -0.4 is 5.32 Å². The number of carbonyl (C=O) groups excluding carboxylic acids is 1. The van der Waals surface area contributed by atoms with Crippen molar-refractivity contribution < 1.29 is 9.53 Å². The summed E-state index contributed by atoms with van der Waals surface area (Å²) < 4.78 is 4.76. The van der Waals surface area contributed by atoms with Gasteiger partial charge in [0.2, 0.25) is 0 Å². The van der Waals surface area contributed by atoms with Crippen LogP contribution in [0.25, 0.3) is 0 Å². The molecule has 1 atom stereocenters. The minimum Gasteiger partial charge on any atom is -0.377 e. The second-order valence-corrected chi connectivity index (χ2v) is 4.05. The van der Waals surface area contributed by atoms with Crippen molar-refractivity contribution >= 4 is 17.5 Å². The van der Waals surface area contributed by atoms with Gasteiger partial charge < -0.3 is 10.1 Å². The molecule has 1 aliphatic heterocycles. The van der Waals surface area contributed by atoms with Gasteiger partial charge in [-0.3, -0.25) is 4.79 Å². The van der Waals surface area contributed by atoms with Gasteiger partial charge in [-0.1, -0.05) is 0 Å². The molecule has 1 rings (SSSR count). The molecule has 0 radical (unpaired) electrons. The summed E-state index contributed by atoms with van der Waals surface area (Å²) in [7, 11) is 1.56. The number of hydrogen-bond acceptors (Lipinski definition) is 4. The van der Waals surface area contributed by atoms with Crippen LogP contribution >= 0.6 is 11.8 Å². The van der Waals surface area contributed by atoms with E-state index in [0.29, 0.717) is 12.5 Å². The van der Waals surface area contributed by atoms with E-state index in [4.69, 9.17) is 4.74 Å². The van der Waals surface area contributed by atoms with Gasteiger partial charge in [0.15, 0.2) is 5.78 Å². The van der Waals surface area contributed by atoms with E-state index < -0.39 is 0 Å². The fourth-order valence-electron chi connectivity index (χ4n) is 1.25. The summed E-state index contributed by atoms with van der Waals surface area (Å²) in [4.78, 5) is 11.1. The number of nitrogens with one attached hydrogen (secondary N) is 1. The van der Waals surface area contributed by atoms with Gasteiger partial charge in [0.05, 0.1) is 0 Å². The van der Waals surface area contributed by atoms with Crippen molar-refractivity contribution in [1.82, 2.24) is 5.32 Å². The van der Waals surface area contributed by atoms with Crippen LogP contribution in [0, 0.1) is 0 Å². The van der Waals surface area contributed by atoms with Crippen LogP contribution in [-0.2, 0) is 9.53 Å². The number of ketones is 1. The van der Waals surface area contributed by atoms with Gasteiger partial charge in [0, 0.05) is 37.6 Å². The van der Waals surface area contributed by atoms with E-state index in [2.05, 4.69) is 5.32 Å². The molecular weight excluding hydrogens is 174 g/mol. The average Bonchev–Trinajstić information content (AvgIpc) is 2.06. The quantitative estimate of drug-likeness (QED) is 0.690. The van der Waals surface area contributed by atoms with Gasteiger partial charge in [-0.15, -0.1) is 0 Å². The van der Waals surface area contributed by atoms with Crippen LogP contribution in [0.2, 0.25) is 0 Å². The second kappa shape index (κ2) is 5.56. The third-order valence-electron chi connectivity index (χ3n) is 1.78. The van der Waals surface area contributed by atoms with Crippen molar-refractivity contribution in [3.8, 4) is 0 Å². The van der Waals surface area contributed by atoms with Gasteiger partial charge in [0.1, 0.15) is 6.61 Å². The molecule has 1 fully saturated rings. The number of ether oxygens (including phenoxy) is 1. The molecule has 1 heterocycles. The lowest BCUT2D eigenvalue weighted by atomic mass is 10.1. The third-order valence-corrected chi connectivity index (χ3v) is 2.91. The number of Topliss-reactive ketones (excluding diaryl/α,β-unsaturated/α-hetero) is 1. The van der Waals surface area contributed by atoms with E-state index >= 15 is 0 Å². The Labute approximate surface area is 77.2 Å². The summed E-state index contributed by atoms with van der Waals surface area (Å²) in [5.74, 6) is 2.40.